The van der Waals surface area contributed by atoms with Gasteiger partial charge in [0.25, 0.3) is 0 Å². The van der Waals surface area contributed by atoms with E-state index in [0.717, 1.165) is 45.4 Å². The fourth-order valence-corrected chi connectivity index (χ4v) is 2.45. The molecule has 1 saturated heterocycles. The number of aliphatic hydroxyl groups excluding tert-OH is 1. The number of rotatable bonds is 5. The molecule has 1 aliphatic rings. The molecule has 15 heavy (non-hydrogen) atoms. The molecule has 90 valence electrons. The number of piperidine rings is 1. The third-order valence-corrected chi connectivity index (χ3v) is 3.23. The molecule has 3 N–H and O–H groups in total. The van der Waals surface area contributed by atoms with E-state index in [1.165, 1.54) is 0 Å². The van der Waals surface area contributed by atoms with Crippen LogP contribution >= 0.6 is 0 Å². The van der Waals surface area contributed by atoms with Gasteiger partial charge in [-0.25, -0.2) is 0 Å². The zero-order chi connectivity index (χ0) is 11.3. The van der Waals surface area contributed by atoms with Crippen molar-refractivity contribution in [2.75, 3.05) is 26.2 Å². The Balaban J connectivity index is 2.34. The third kappa shape index (κ3) is 4.49. The molecule has 0 saturated carbocycles. The minimum Gasteiger partial charge on any atom is -0.393 e. The molecule has 1 rings (SSSR count). The summed E-state index contributed by atoms with van der Waals surface area (Å²) in [6, 6.07) is 0. The summed E-state index contributed by atoms with van der Waals surface area (Å²) in [6.07, 6.45) is 3.06. The Labute approximate surface area is 93.6 Å². The van der Waals surface area contributed by atoms with Crippen molar-refractivity contribution in [2.45, 2.75) is 39.2 Å². The first kappa shape index (κ1) is 12.9. The van der Waals surface area contributed by atoms with Crippen LogP contribution in [0.1, 0.15) is 33.1 Å². The van der Waals surface area contributed by atoms with Gasteiger partial charge >= 0.3 is 0 Å². The fraction of sp³-hybridized carbons (Fsp3) is 1.00. The summed E-state index contributed by atoms with van der Waals surface area (Å²) in [6.45, 7) is 8.41. The number of hydrogen-bond donors (Lipinski definition) is 2. The maximum Gasteiger partial charge on any atom is 0.0592 e. The fourth-order valence-electron chi connectivity index (χ4n) is 2.45. The predicted molar refractivity (Wildman–Crippen MR) is 63.7 cm³/mol. The van der Waals surface area contributed by atoms with Crippen LogP contribution < -0.4 is 5.73 Å². The molecule has 1 aliphatic heterocycles. The van der Waals surface area contributed by atoms with Crippen LogP contribution in [0.3, 0.4) is 0 Å². The maximum atomic E-state index is 9.91. The zero-order valence-electron chi connectivity index (χ0n) is 10.2. The Kier molecular flexibility index (Phi) is 5.58. The first-order valence-electron chi connectivity index (χ1n) is 6.24. The number of aliphatic hydroxyl groups is 1. The van der Waals surface area contributed by atoms with E-state index in [0.29, 0.717) is 11.8 Å². The molecule has 2 atom stereocenters. The van der Waals surface area contributed by atoms with Gasteiger partial charge in [0.05, 0.1) is 6.10 Å². The number of nitrogens with zero attached hydrogens (tertiary/aromatic N) is 1. The van der Waals surface area contributed by atoms with Crippen molar-refractivity contribution in [3.63, 3.8) is 0 Å². The van der Waals surface area contributed by atoms with Crippen LogP contribution in [0.4, 0.5) is 0 Å². The molecule has 0 amide bonds. The van der Waals surface area contributed by atoms with Crippen LogP contribution in [0.25, 0.3) is 0 Å². The van der Waals surface area contributed by atoms with Gasteiger partial charge in [-0.3, -0.25) is 0 Å². The summed E-state index contributed by atoms with van der Waals surface area (Å²) in [5.74, 6) is 1.15. The number of nitrogens with two attached hydrogens (primary N) is 1. The lowest BCUT2D eigenvalue weighted by molar-refractivity contribution is 0.0175. The van der Waals surface area contributed by atoms with E-state index >= 15 is 0 Å². The highest BCUT2D eigenvalue weighted by molar-refractivity contribution is 4.80. The molecule has 3 nitrogen and oxygen atoms in total. The van der Waals surface area contributed by atoms with Crippen molar-refractivity contribution in [1.82, 2.24) is 4.90 Å². The van der Waals surface area contributed by atoms with Crippen molar-refractivity contribution in [1.29, 1.82) is 0 Å². The summed E-state index contributed by atoms with van der Waals surface area (Å²) < 4.78 is 0. The van der Waals surface area contributed by atoms with Gasteiger partial charge in [-0.15, -0.1) is 0 Å². The van der Waals surface area contributed by atoms with E-state index in [4.69, 9.17) is 5.73 Å². The highest BCUT2D eigenvalue weighted by Crippen LogP contribution is 2.23. The lowest BCUT2D eigenvalue weighted by Crippen LogP contribution is -2.44. The van der Waals surface area contributed by atoms with E-state index in [1.807, 2.05) is 0 Å². The third-order valence-electron chi connectivity index (χ3n) is 3.23. The summed E-state index contributed by atoms with van der Waals surface area (Å²) in [7, 11) is 0. The SMILES string of the molecule is CC(C)C[C@H]1CN(CCCN)CC[C@@H]1O. The summed E-state index contributed by atoms with van der Waals surface area (Å²) in [5.41, 5.74) is 5.51. The van der Waals surface area contributed by atoms with Gasteiger partial charge in [0, 0.05) is 13.1 Å². The van der Waals surface area contributed by atoms with Crippen molar-refractivity contribution in [3.05, 3.63) is 0 Å². The van der Waals surface area contributed by atoms with Gasteiger partial charge in [0.1, 0.15) is 0 Å². The average Bonchev–Trinajstić information content (AvgIpc) is 2.18. The number of hydrogen-bond acceptors (Lipinski definition) is 3. The zero-order valence-corrected chi connectivity index (χ0v) is 10.2. The molecule has 0 spiro atoms. The first-order valence-corrected chi connectivity index (χ1v) is 6.24. The Morgan fingerprint density at radius 1 is 1.47 bits per heavy atom. The van der Waals surface area contributed by atoms with Crippen molar-refractivity contribution in [2.24, 2.45) is 17.6 Å². The predicted octanol–water partition coefficient (Wildman–Crippen LogP) is 1.06. The van der Waals surface area contributed by atoms with Crippen LogP contribution in [0.5, 0.6) is 0 Å². The molecule has 1 heterocycles. The second-order valence-electron chi connectivity index (χ2n) is 5.19. The Bertz CT molecular complexity index is 171. The van der Waals surface area contributed by atoms with Crippen LogP contribution in [0, 0.1) is 11.8 Å². The lowest BCUT2D eigenvalue weighted by atomic mass is 9.87. The molecule has 0 unspecified atom stereocenters. The largest absolute Gasteiger partial charge is 0.393 e. The summed E-state index contributed by atoms with van der Waals surface area (Å²) in [4.78, 5) is 2.45. The molecule has 1 fully saturated rings. The molecule has 0 aromatic rings. The highest BCUT2D eigenvalue weighted by atomic mass is 16.3. The lowest BCUT2D eigenvalue weighted by Gasteiger charge is -2.37. The van der Waals surface area contributed by atoms with Crippen LogP contribution in [0.15, 0.2) is 0 Å². The molecular formula is C12H26N2O. The summed E-state index contributed by atoms with van der Waals surface area (Å²) in [5, 5.41) is 9.91. The second kappa shape index (κ2) is 6.46. The number of likely N-dealkylation sites (tertiary alicyclic amines) is 1. The van der Waals surface area contributed by atoms with E-state index in [-0.39, 0.29) is 6.10 Å². The van der Waals surface area contributed by atoms with E-state index < -0.39 is 0 Å². The van der Waals surface area contributed by atoms with E-state index in [1.54, 1.807) is 0 Å². The minimum absolute atomic E-state index is 0.0819. The smallest absolute Gasteiger partial charge is 0.0592 e. The molecule has 0 radical (unpaired) electrons. The topological polar surface area (TPSA) is 49.5 Å². The van der Waals surface area contributed by atoms with Gasteiger partial charge in [-0.2, -0.15) is 0 Å². The average molecular weight is 214 g/mol. The Morgan fingerprint density at radius 3 is 2.80 bits per heavy atom. The van der Waals surface area contributed by atoms with Gasteiger partial charge < -0.3 is 15.7 Å². The molecule has 0 bridgehead atoms. The molecule has 0 aromatic carbocycles. The van der Waals surface area contributed by atoms with Gasteiger partial charge in [0.2, 0.25) is 0 Å². The molecule has 0 aliphatic carbocycles. The summed E-state index contributed by atoms with van der Waals surface area (Å²) >= 11 is 0. The second-order valence-corrected chi connectivity index (χ2v) is 5.19. The van der Waals surface area contributed by atoms with Crippen molar-refractivity contribution >= 4 is 0 Å². The Hall–Kier alpha value is -0.120. The highest BCUT2D eigenvalue weighted by Gasteiger charge is 2.27. The molecular weight excluding hydrogens is 188 g/mol. The van der Waals surface area contributed by atoms with Crippen LogP contribution in [-0.4, -0.2) is 42.3 Å². The molecule has 3 heteroatoms. The van der Waals surface area contributed by atoms with Crippen molar-refractivity contribution < 1.29 is 5.11 Å². The minimum atomic E-state index is -0.0819. The monoisotopic (exact) mass is 214 g/mol. The van der Waals surface area contributed by atoms with Gasteiger partial charge in [-0.05, 0) is 44.2 Å². The van der Waals surface area contributed by atoms with E-state index in [9.17, 15) is 5.11 Å². The normalized spacial score (nSPS) is 28.6. The van der Waals surface area contributed by atoms with Gasteiger partial charge in [-0.1, -0.05) is 13.8 Å². The molecule has 0 aromatic heterocycles. The van der Waals surface area contributed by atoms with E-state index in [2.05, 4.69) is 18.7 Å². The van der Waals surface area contributed by atoms with Crippen molar-refractivity contribution in [3.8, 4) is 0 Å². The van der Waals surface area contributed by atoms with Gasteiger partial charge in [0.15, 0.2) is 0 Å². The van der Waals surface area contributed by atoms with Crippen LogP contribution in [0.2, 0.25) is 0 Å². The Morgan fingerprint density at radius 2 is 2.20 bits per heavy atom. The first-order chi connectivity index (χ1) is 7.13. The van der Waals surface area contributed by atoms with Crippen LogP contribution in [-0.2, 0) is 0 Å². The quantitative estimate of drug-likeness (QED) is 0.719. The maximum absolute atomic E-state index is 9.91. The standard InChI is InChI=1S/C12H26N2O/c1-10(2)8-11-9-14(6-3-5-13)7-4-12(11)15/h10-12,15H,3-9,13H2,1-2H3/t11-,12-/m0/s1.